The standard InChI is InChI=1S/C11H13NO2/c1-3-14-11(13)8(2)9-6-4-5-7-10(9)12/h4-7H,2-3,12H2,1H3. The van der Waals surface area contributed by atoms with Crippen molar-refractivity contribution < 1.29 is 9.53 Å². The Labute approximate surface area is 83.2 Å². The Morgan fingerprint density at radius 2 is 2.14 bits per heavy atom. The number of ether oxygens (including phenoxy) is 1. The normalized spacial score (nSPS) is 9.50. The average Bonchev–Trinajstić information content (AvgIpc) is 2.18. The lowest BCUT2D eigenvalue weighted by molar-refractivity contribution is -0.136. The van der Waals surface area contributed by atoms with Gasteiger partial charge in [-0.25, -0.2) is 4.79 Å². The lowest BCUT2D eigenvalue weighted by atomic mass is 10.1. The molecule has 0 aliphatic heterocycles. The van der Waals surface area contributed by atoms with Crippen LogP contribution in [0.3, 0.4) is 0 Å². The van der Waals surface area contributed by atoms with Gasteiger partial charge >= 0.3 is 5.97 Å². The molecule has 0 fully saturated rings. The Morgan fingerprint density at radius 1 is 1.50 bits per heavy atom. The van der Waals surface area contributed by atoms with Crippen molar-refractivity contribution in [2.24, 2.45) is 0 Å². The maximum atomic E-state index is 11.3. The van der Waals surface area contributed by atoms with Gasteiger partial charge in [-0.05, 0) is 13.0 Å². The number of carbonyl (C=O) groups excluding carboxylic acids is 1. The van der Waals surface area contributed by atoms with Crippen LogP contribution in [0.1, 0.15) is 12.5 Å². The van der Waals surface area contributed by atoms with Crippen molar-refractivity contribution in [3.63, 3.8) is 0 Å². The van der Waals surface area contributed by atoms with E-state index in [1.165, 1.54) is 0 Å². The highest BCUT2D eigenvalue weighted by molar-refractivity contribution is 6.17. The van der Waals surface area contributed by atoms with E-state index in [1.807, 2.05) is 0 Å². The zero-order valence-electron chi connectivity index (χ0n) is 8.12. The van der Waals surface area contributed by atoms with Gasteiger partial charge in [0.2, 0.25) is 0 Å². The number of para-hydroxylation sites is 1. The molecule has 1 rings (SSSR count). The van der Waals surface area contributed by atoms with Crippen LogP contribution in [0.2, 0.25) is 0 Å². The molecule has 0 unspecified atom stereocenters. The summed E-state index contributed by atoms with van der Waals surface area (Å²) in [5.74, 6) is -0.426. The van der Waals surface area contributed by atoms with Crippen LogP contribution in [-0.4, -0.2) is 12.6 Å². The summed E-state index contributed by atoms with van der Waals surface area (Å²) in [5, 5.41) is 0. The van der Waals surface area contributed by atoms with Crippen molar-refractivity contribution in [2.45, 2.75) is 6.92 Å². The molecule has 0 radical (unpaired) electrons. The summed E-state index contributed by atoms with van der Waals surface area (Å²) in [5.41, 5.74) is 7.15. The SMILES string of the molecule is C=C(C(=O)OCC)c1ccccc1N. The summed E-state index contributed by atoms with van der Waals surface area (Å²) in [6.45, 7) is 5.74. The number of benzene rings is 1. The van der Waals surface area contributed by atoms with Gasteiger partial charge < -0.3 is 10.5 Å². The van der Waals surface area contributed by atoms with E-state index in [0.717, 1.165) is 0 Å². The third-order valence-electron chi connectivity index (χ3n) is 1.81. The van der Waals surface area contributed by atoms with Gasteiger partial charge in [0.25, 0.3) is 0 Å². The van der Waals surface area contributed by atoms with Crippen molar-refractivity contribution in [3.8, 4) is 0 Å². The van der Waals surface area contributed by atoms with Crippen LogP contribution in [0, 0.1) is 0 Å². The topological polar surface area (TPSA) is 52.3 Å². The molecule has 3 heteroatoms. The van der Waals surface area contributed by atoms with E-state index in [1.54, 1.807) is 31.2 Å². The van der Waals surface area contributed by atoms with E-state index in [4.69, 9.17) is 10.5 Å². The first kappa shape index (κ1) is 10.3. The summed E-state index contributed by atoms with van der Waals surface area (Å²) in [6, 6.07) is 7.07. The van der Waals surface area contributed by atoms with E-state index in [2.05, 4.69) is 6.58 Å². The lowest BCUT2D eigenvalue weighted by Gasteiger charge is -2.07. The number of carbonyl (C=O) groups is 1. The minimum absolute atomic E-state index is 0.296. The minimum Gasteiger partial charge on any atom is -0.462 e. The quantitative estimate of drug-likeness (QED) is 0.450. The Hall–Kier alpha value is -1.77. The van der Waals surface area contributed by atoms with E-state index in [0.29, 0.717) is 23.4 Å². The molecule has 0 atom stereocenters. The molecule has 2 N–H and O–H groups in total. The maximum Gasteiger partial charge on any atom is 0.338 e. The first-order valence-corrected chi connectivity index (χ1v) is 4.37. The monoisotopic (exact) mass is 191 g/mol. The average molecular weight is 191 g/mol. The predicted octanol–water partition coefficient (Wildman–Crippen LogP) is 1.85. The first-order chi connectivity index (χ1) is 6.66. The zero-order chi connectivity index (χ0) is 10.6. The molecule has 1 aromatic rings. The van der Waals surface area contributed by atoms with Crippen molar-refractivity contribution in [3.05, 3.63) is 36.4 Å². The number of hydrogen-bond acceptors (Lipinski definition) is 3. The smallest absolute Gasteiger partial charge is 0.338 e. The fraction of sp³-hybridized carbons (Fsp3) is 0.182. The van der Waals surface area contributed by atoms with E-state index >= 15 is 0 Å². The number of anilines is 1. The van der Waals surface area contributed by atoms with Crippen molar-refractivity contribution >= 4 is 17.2 Å². The van der Waals surface area contributed by atoms with Crippen LogP contribution < -0.4 is 5.73 Å². The highest BCUT2D eigenvalue weighted by Crippen LogP contribution is 2.20. The number of esters is 1. The van der Waals surface area contributed by atoms with Crippen molar-refractivity contribution in [1.82, 2.24) is 0 Å². The molecule has 0 aliphatic carbocycles. The number of nitrogens with two attached hydrogens (primary N) is 1. The summed E-state index contributed by atoms with van der Waals surface area (Å²) < 4.78 is 4.82. The van der Waals surface area contributed by atoms with Crippen molar-refractivity contribution in [2.75, 3.05) is 12.3 Å². The second-order valence-corrected chi connectivity index (χ2v) is 2.79. The lowest BCUT2D eigenvalue weighted by Crippen LogP contribution is -2.07. The molecule has 0 heterocycles. The number of nitrogen functional groups attached to an aromatic ring is 1. The van der Waals surface area contributed by atoms with Gasteiger partial charge in [0.05, 0.1) is 12.2 Å². The van der Waals surface area contributed by atoms with Crippen LogP contribution in [0.25, 0.3) is 5.57 Å². The molecule has 0 amide bonds. The van der Waals surface area contributed by atoms with Gasteiger partial charge in [-0.2, -0.15) is 0 Å². The van der Waals surface area contributed by atoms with Gasteiger partial charge in [-0.3, -0.25) is 0 Å². The molecule has 3 nitrogen and oxygen atoms in total. The van der Waals surface area contributed by atoms with E-state index in [9.17, 15) is 4.79 Å². The highest BCUT2D eigenvalue weighted by atomic mass is 16.5. The molecule has 1 aromatic carbocycles. The maximum absolute atomic E-state index is 11.3. The molecule has 0 aliphatic rings. The molecule has 14 heavy (non-hydrogen) atoms. The van der Waals surface area contributed by atoms with Crippen molar-refractivity contribution in [1.29, 1.82) is 0 Å². The number of hydrogen-bond donors (Lipinski definition) is 1. The summed E-state index contributed by atoms with van der Waals surface area (Å²) in [4.78, 5) is 11.3. The Kier molecular flexibility index (Phi) is 3.29. The fourth-order valence-corrected chi connectivity index (χ4v) is 1.10. The first-order valence-electron chi connectivity index (χ1n) is 4.37. The van der Waals surface area contributed by atoms with Crippen LogP contribution in [0.5, 0.6) is 0 Å². The second-order valence-electron chi connectivity index (χ2n) is 2.79. The van der Waals surface area contributed by atoms with E-state index < -0.39 is 5.97 Å². The van der Waals surface area contributed by atoms with Crippen LogP contribution in [-0.2, 0) is 9.53 Å². The van der Waals surface area contributed by atoms with Crippen LogP contribution in [0.4, 0.5) is 5.69 Å². The molecule has 0 spiro atoms. The summed E-state index contributed by atoms with van der Waals surface area (Å²) in [7, 11) is 0. The Balaban J connectivity index is 2.90. The molecule has 0 aromatic heterocycles. The van der Waals surface area contributed by atoms with Crippen LogP contribution in [0.15, 0.2) is 30.8 Å². The second kappa shape index (κ2) is 4.46. The van der Waals surface area contributed by atoms with Gasteiger partial charge in [0.1, 0.15) is 0 Å². The third-order valence-corrected chi connectivity index (χ3v) is 1.81. The molecule has 74 valence electrons. The molecular weight excluding hydrogens is 178 g/mol. The Bertz CT molecular complexity index is 358. The summed E-state index contributed by atoms with van der Waals surface area (Å²) >= 11 is 0. The fourth-order valence-electron chi connectivity index (χ4n) is 1.10. The molecular formula is C11H13NO2. The summed E-state index contributed by atoms with van der Waals surface area (Å²) in [6.07, 6.45) is 0. The molecule has 0 saturated carbocycles. The predicted molar refractivity (Wildman–Crippen MR) is 56.5 cm³/mol. The third kappa shape index (κ3) is 2.13. The minimum atomic E-state index is -0.426. The zero-order valence-corrected chi connectivity index (χ0v) is 8.12. The van der Waals surface area contributed by atoms with Gasteiger partial charge in [0.15, 0.2) is 0 Å². The molecule has 0 saturated heterocycles. The van der Waals surface area contributed by atoms with Gasteiger partial charge in [-0.15, -0.1) is 0 Å². The van der Waals surface area contributed by atoms with Gasteiger partial charge in [0, 0.05) is 11.3 Å². The Morgan fingerprint density at radius 3 is 2.71 bits per heavy atom. The van der Waals surface area contributed by atoms with Gasteiger partial charge in [-0.1, -0.05) is 24.8 Å². The largest absolute Gasteiger partial charge is 0.462 e. The van der Waals surface area contributed by atoms with E-state index in [-0.39, 0.29) is 0 Å². The molecule has 0 bridgehead atoms. The highest BCUT2D eigenvalue weighted by Gasteiger charge is 2.11. The van der Waals surface area contributed by atoms with Crippen LogP contribution >= 0.6 is 0 Å². The number of rotatable bonds is 3.